The van der Waals surface area contributed by atoms with Crippen molar-refractivity contribution in [1.29, 1.82) is 0 Å². The minimum atomic E-state index is -0.628. The quantitative estimate of drug-likeness (QED) is 0.573. The molecule has 3 N–H and O–H groups in total. The Morgan fingerprint density at radius 1 is 0.656 bits per heavy atom. The predicted molar refractivity (Wildman–Crippen MR) is 129 cm³/mol. The fourth-order valence-electron chi connectivity index (χ4n) is 3.76. The highest BCUT2D eigenvalue weighted by atomic mass is 16.2. The van der Waals surface area contributed by atoms with E-state index in [1.807, 2.05) is 97.0 Å². The number of primary amides is 1. The van der Waals surface area contributed by atoms with Crippen molar-refractivity contribution in [3.8, 4) is 0 Å². The summed E-state index contributed by atoms with van der Waals surface area (Å²) in [4.78, 5) is 36.7. The molecular formula is C27H36N2O3. The molecule has 0 radical (unpaired) electrons. The van der Waals surface area contributed by atoms with Gasteiger partial charge in [0.25, 0.3) is 0 Å². The fourth-order valence-corrected chi connectivity index (χ4v) is 3.76. The molecule has 5 nitrogen and oxygen atoms in total. The van der Waals surface area contributed by atoms with Gasteiger partial charge in [0, 0.05) is 27.5 Å². The van der Waals surface area contributed by atoms with Crippen LogP contribution in [-0.2, 0) is 12.8 Å². The lowest BCUT2D eigenvalue weighted by atomic mass is 9.83. The number of hydrogen-bond donors (Lipinski definition) is 2. The van der Waals surface area contributed by atoms with Gasteiger partial charge in [0.05, 0.1) is 0 Å². The molecule has 0 bridgehead atoms. The molecule has 5 heteroatoms. The molecule has 0 aliphatic heterocycles. The van der Waals surface area contributed by atoms with Gasteiger partial charge in [0.2, 0.25) is 0 Å². The minimum Gasteiger partial charge on any atom is -0.352 e. The van der Waals surface area contributed by atoms with Crippen molar-refractivity contribution in [2.75, 3.05) is 0 Å². The van der Waals surface area contributed by atoms with Crippen LogP contribution >= 0.6 is 0 Å². The Labute approximate surface area is 191 Å². The van der Waals surface area contributed by atoms with Crippen molar-refractivity contribution < 1.29 is 14.4 Å². The van der Waals surface area contributed by atoms with Gasteiger partial charge in [-0.3, -0.25) is 9.59 Å². The Morgan fingerprint density at radius 3 is 1.22 bits per heavy atom. The fraction of sp³-hybridized carbons (Fsp3) is 0.444. The lowest BCUT2D eigenvalue weighted by molar-refractivity contribution is 0.0852. The third-order valence-electron chi connectivity index (χ3n) is 5.41. The van der Waals surface area contributed by atoms with Gasteiger partial charge in [0.15, 0.2) is 11.6 Å². The number of amides is 2. The van der Waals surface area contributed by atoms with Crippen molar-refractivity contribution in [2.45, 2.75) is 66.8 Å². The molecule has 0 aliphatic carbocycles. The minimum absolute atomic E-state index is 0.0898. The second-order valence-corrected chi connectivity index (χ2v) is 11.0. The normalized spacial score (nSPS) is 12.3. The number of hydrogen-bond acceptors (Lipinski definition) is 3. The SMILES string of the molecule is CC(Cc1ccc(C(=O)C(C)(C)C)cc1)(Cc1ccc(C(=O)C(C)(C)C)cc1)NC(N)=O. The van der Waals surface area contributed by atoms with Crippen LogP contribution in [0.25, 0.3) is 0 Å². The van der Waals surface area contributed by atoms with Crippen molar-refractivity contribution in [2.24, 2.45) is 16.6 Å². The van der Waals surface area contributed by atoms with E-state index in [9.17, 15) is 14.4 Å². The van der Waals surface area contributed by atoms with Crippen LogP contribution in [0.15, 0.2) is 48.5 Å². The number of nitrogens with one attached hydrogen (secondary N) is 1. The maximum absolute atomic E-state index is 12.5. The number of urea groups is 1. The third-order valence-corrected chi connectivity index (χ3v) is 5.41. The second-order valence-electron chi connectivity index (χ2n) is 11.0. The summed E-state index contributed by atoms with van der Waals surface area (Å²) >= 11 is 0. The van der Waals surface area contributed by atoms with E-state index in [1.54, 1.807) is 0 Å². The van der Waals surface area contributed by atoms with Gasteiger partial charge in [-0.25, -0.2) is 4.79 Å². The number of nitrogens with two attached hydrogens (primary N) is 1. The van der Waals surface area contributed by atoms with Crippen LogP contribution < -0.4 is 11.1 Å². The van der Waals surface area contributed by atoms with Gasteiger partial charge >= 0.3 is 6.03 Å². The lowest BCUT2D eigenvalue weighted by Gasteiger charge is -2.31. The number of carbonyl (C=O) groups excluding carboxylic acids is 3. The van der Waals surface area contributed by atoms with E-state index in [1.165, 1.54) is 0 Å². The molecule has 172 valence electrons. The first-order valence-corrected chi connectivity index (χ1v) is 11.0. The van der Waals surface area contributed by atoms with Crippen LogP contribution in [0, 0.1) is 10.8 Å². The molecule has 0 heterocycles. The first-order valence-electron chi connectivity index (χ1n) is 11.0. The highest BCUT2D eigenvalue weighted by molar-refractivity contribution is 6.00. The second kappa shape index (κ2) is 9.27. The van der Waals surface area contributed by atoms with E-state index < -0.39 is 22.4 Å². The van der Waals surface area contributed by atoms with Crippen molar-refractivity contribution in [3.05, 3.63) is 70.8 Å². The smallest absolute Gasteiger partial charge is 0.312 e. The van der Waals surface area contributed by atoms with Crippen molar-refractivity contribution >= 4 is 17.6 Å². The first kappa shape index (κ1) is 25.3. The lowest BCUT2D eigenvalue weighted by Crippen LogP contribution is -2.51. The van der Waals surface area contributed by atoms with E-state index in [0.29, 0.717) is 24.0 Å². The highest BCUT2D eigenvalue weighted by Gasteiger charge is 2.28. The van der Waals surface area contributed by atoms with Crippen LogP contribution in [-0.4, -0.2) is 23.1 Å². The summed E-state index contributed by atoms with van der Waals surface area (Å²) in [7, 11) is 0. The van der Waals surface area contributed by atoms with Crippen molar-refractivity contribution in [1.82, 2.24) is 5.32 Å². The summed E-state index contributed by atoms with van der Waals surface area (Å²) < 4.78 is 0. The van der Waals surface area contributed by atoms with Crippen LogP contribution in [0.2, 0.25) is 0 Å². The average Bonchev–Trinajstić information content (AvgIpc) is 2.65. The van der Waals surface area contributed by atoms with Gasteiger partial charge in [-0.15, -0.1) is 0 Å². The van der Waals surface area contributed by atoms with Gasteiger partial charge in [-0.1, -0.05) is 90.1 Å². The van der Waals surface area contributed by atoms with Crippen molar-refractivity contribution in [3.63, 3.8) is 0 Å². The van der Waals surface area contributed by atoms with E-state index in [-0.39, 0.29) is 11.6 Å². The summed E-state index contributed by atoms with van der Waals surface area (Å²) in [6, 6.07) is 14.4. The summed E-state index contributed by atoms with van der Waals surface area (Å²) in [6.45, 7) is 13.3. The van der Waals surface area contributed by atoms with E-state index in [2.05, 4.69) is 5.32 Å². The monoisotopic (exact) mass is 436 g/mol. The number of benzene rings is 2. The summed E-state index contributed by atoms with van der Waals surface area (Å²) in [5, 5.41) is 2.88. The molecule has 0 saturated carbocycles. The number of carbonyl (C=O) groups is 3. The molecule has 2 aromatic carbocycles. The van der Waals surface area contributed by atoms with E-state index in [4.69, 9.17) is 5.73 Å². The molecule has 2 rings (SSSR count). The molecule has 2 amide bonds. The zero-order chi connectivity index (χ0) is 24.3. The largest absolute Gasteiger partial charge is 0.352 e. The van der Waals surface area contributed by atoms with Crippen LogP contribution in [0.1, 0.15) is 80.3 Å². The zero-order valence-electron chi connectivity index (χ0n) is 20.3. The topological polar surface area (TPSA) is 89.3 Å². The van der Waals surface area contributed by atoms with E-state index in [0.717, 1.165) is 11.1 Å². The third kappa shape index (κ3) is 6.78. The summed E-state index contributed by atoms with van der Waals surface area (Å²) in [5.74, 6) is 0.180. The number of ketones is 2. The Kier molecular flexibility index (Phi) is 7.33. The molecule has 0 fully saturated rings. The van der Waals surface area contributed by atoms with Gasteiger partial charge in [-0.2, -0.15) is 0 Å². The summed E-state index contributed by atoms with van der Waals surface area (Å²) in [5.41, 5.74) is 7.29. The van der Waals surface area contributed by atoms with E-state index >= 15 is 0 Å². The van der Waals surface area contributed by atoms with Crippen LogP contribution in [0.5, 0.6) is 0 Å². The number of rotatable bonds is 7. The molecule has 2 aromatic rings. The Bertz CT molecular complexity index is 904. The van der Waals surface area contributed by atoms with Gasteiger partial charge < -0.3 is 11.1 Å². The van der Waals surface area contributed by atoms with Crippen LogP contribution in [0.3, 0.4) is 0 Å². The maximum Gasteiger partial charge on any atom is 0.312 e. The molecule has 0 aliphatic rings. The zero-order valence-corrected chi connectivity index (χ0v) is 20.3. The molecule has 0 atom stereocenters. The Hall–Kier alpha value is -2.95. The predicted octanol–water partition coefficient (Wildman–Crippen LogP) is 5.36. The molecule has 0 aromatic heterocycles. The first-order chi connectivity index (χ1) is 14.6. The summed E-state index contributed by atoms with van der Waals surface area (Å²) in [6.07, 6.45) is 1.09. The standard InChI is InChI=1S/C27H36N2O3/c1-25(2,3)22(30)20-12-8-18(9-13-20)16-27(7,29-24(28)32)17-19-10-14-21(15-11-19)23(31)26(4,5)6/h8-15H,16-17H2,1-7H3,(H3,28,29,32). The van der Waals surface area contributed by atoms with Gasteiger partial charge in [-0.05, 0) is 30.9 Å². The molecule has 0 unspecified atom stereocenters. The molecule has 0 spiro atoms. The Morgan fingerprint density at radius 2 is 0.969 bits per heavy atom. The highest BCUT2D eigenvalue weighted by Crippen LogP contribution is 2.25. The molecule has 0 saturated heterocycles. The average molecular weight is 437 g/mol. The van der Waals surface area contributed by atoms with Gasteiger partial charge in [0.1, 0.15) is 0 Å². The molecule has 32 heavy (non-hydrogen) atoms. The van der Waals surface area contributed by atoms with Crippen LogP contribution in [0.4, 0.5) is 4.79 Å². The maximum atomic E-state index is 12.5. The molecular weight excluding hydrogens is 400 g/mol. The number of Topliss-reactive ketones (excluding diaryl/α,β-unsaturated/α-hetero) is 2. The Balaban J connectivity index is 2.22.